The van der Waals surface area contributed by atoms with Gasteiger partial charge in [-0.2, -0.15) is 0 Å². The second kappa shape index (κ2) is 11.1. The largest absolute Gasteiger partial charge is 0.454 e. The first-order valence-corrected chi connectivity index (χ1v) is 15.4. The Morgan fingerprint density at radius 2 is 1.00 bits per heavy atom. The zero-order valence-electron chi connectivity index (χ0n) is 25.1. The average Bonchev–Trinajstić information content (AvgIpc) is 3.52. The number of nitrogens with zero attached hydrogens (tertiary/aromatic N) is 5. The first kappa shape index (κ1) is 26.8. The minimum Gasteiger partial charge on any atom is -0.454 e. The Balaban J connectivity index is 1.36. The van der Waals surface area contributed by atoms with Crippen LogP contribution in [0.4, 0.5) is 0 Å². The lowest BCUT2D eigenvalue weighted by Gasteiger charge is -2.14. The van der Waals surface area contributed by atoms with Crippen LogP contribution in [0, 0.1) is 0 Å². The number of aromatic nitrogens is 5. The van der Waals surface area contributed by atoms with E-state index in [4.69, 9.17) is 24.4 Å². The highest BCUT2D eigenvalue weighted by Crippen LogP contribution is 2.42. The van der Waals surface area contributed by atoms with Crippen LogP contribution in [0.1, 0.15) is 0 Å². The van der Waals surface area contributed by atoms with Crippen molar-refractivity contribution in [1.29, 1.82) is 0 Å². The number of rotatable bonds is 5. The highest BCUT2D eigenvalue weighted by molar-refractivity contribution is 6.15. The molecule has 4 aromatic heterocycles. The monoisotopic (exact) mass is 603 g/mol. The maximum absolute atomic E-state index is 6.58. The van der Waals surface area contributed by atoms with Gasteiger partial charge in [-0.1, -0.05) is 97.1 Å². The lowest BCUT2D eigenvalue weighted by atomic mass is 9.93. The topological polar surface area (TPSA) is 77.6 Å². The number of hydrogen-bond acceptors (Lipinski definition) is 6. The molecule has 0 N–H and O–H groups in total. The number of fused-ring (bicyclic) bond motifs is 4. The van der Waals surface area contributed by atoms with Crippen molar-refractivity contribution in [2.45, 2.75) is 0 Å². The lowest BCUT2D eigenvalue weighted by molar-refractivity contribution is 0.670. The molecular weight excluding hydrogens is 578 g/mol. The highest BCUT2D eigenvalue weighted by Gasteiger charge is 2.20. The summed E-state index contributed by atoms with van der Waals surface area (Å²) in [5.74, 6) is 1.79. The standard InChI is InChI=1S/C41H25N5O/c1-3-12-26(13-4-1)39-44-40(27-14-5-2-6-15-27)46-41(45-39)31-23-29(28-16-11-21-42-25-28)22-30(24-31)36-32-17-7-9-19-34(32)43-37-33-18-8-10-20-35(33)47-38(36)37/h1-25H. The Kier molecular flexibility index (Phi) is 6.35. The summed E-state index contributed by atoms with van der Waals surface area (Å²) >= 11 is 0. The molecule has 0 saturated carbocycles. The molecule has 0 atom stereocenters. The van der Waals surface area contributed by atoms with E-state index in [-0.39, 0.29) is 0 Å². The van der Waals surface area contributed by atoms with Crippen molar-refractivity contribution in [1.82, 2.24) is 24.9 Å². The maximum Gasteiger partial charge on any atom is 0.164 e. The third kappa shape index (κ3) is 4.80. The van der Waals surface area contributed by atoms with E-state index in [1.54, 1.807) is 6.20 Å². The van der Waals surface area contributed by atoms with E-state index in [2.05, 4.69) is 47.4 Å². The van der Waals surface area contributed by atoms with Crippen molar-refractivity contribution in [2.24, 2.45) is 0 Å². The molecule has 9 aromatic rings. The smallest absolute Gasteiger partial charge is 0.164 e. The molecular formula is C41H25N5O. The van der Waals surface area contributed by atoms with E-state index >= 15 is 0 Å². The van der Waals surface area contributed by atoms with E-state index in [1.165, 1.54) is 0 Å². The highest BCUT2D eigenvalue weighted by atomic mass is 16.3. The fraction of sp³-hybridized carbons (Fsp3) is 0. The first-order chi connectivity index (χ1) is 23.3. The first-order valence-electron chi connectivity index (χ1n) is 15.4. The summed E-state index contributed by atoms with van der Waals surface area (Å²) in [4.78, 5) is 24.5. The Morgan fingerprint density at radius 3 is 1.70 bits per heavy atom. The number of benzene rings is 5. The third-order valence-electron chi connectivity index (χ3n) is 8.38. The Labute approximate surface area is 270 Å². The Hall–Kier alpha value is -6.53. The molecule has 0 radical (unpaired) electrons. The SMILES string of the molecule is c1ccc(-c2nc(-c3ccccc3)nc(-c3cc(-c4cccnc4)cc(-c4c5ccccc5nc5c4oc4ccccc45)c3)n2)cc1. The van der Waals surface area contributed by atoms with E-state index in [1.807, 2.05) is 103 Å². The van der Waals surface area contributed by atoms with E-state index in [9.17, 15) is 0 Å². The molecule has 5 aromatic carbocycles. The Bertz CT molecular complexity index is 2510. The molecule has 47 heavy (non-hydrogen) atoms. The average molecular weight is 604 g/mol. The van der Waals surface area contributed by atoms with E-state index < -0.39 is 0 Å². The quantitative estimate of drug-likeness (QED) is 0.195. The maximum atomic E-state index is 6.58. The van der Waals surface area contributed by atoms with Gasteiger partial charge in [0.05, 0.1) is 5.52 Å². The van der Waals surface area contributed by atoms with Gasteiger partial charge < -0.3 is 4.42 Å². The van der Waals surface area contributed by atoms with Crippen molar-refractivity contribution in [3.63, 3.8) is 0 Å². The normalized spacial score (nSPS) is 11.4. The third-order valence-corrected chi connectivity index (χ3v) is 8.38. The second-order valence-electron chi connectivity index (χ2n) is 11.4. The van der Waals surface area contributed by atoms with Gasteiger partial charge in [0, 0.05) is 51.0 Å². The van der Waals surface area contributed by atoms with Gasteiger partial charge >= 0.3 is 0 Å². The molecule has 9 rings (SSSR count). The summed E-state index contributed by atoms with van der Waals surface area (Å²) in [6.07, 6.45) is 3.66. The van der Waals surface area contributed by atoms with Crippen LogP contribution in [0.25, 0.3) is 89.4 Å². The fourth-order valence-corrected chi connectivity index (χ4v) is 6.16. The van der Waals surface area contributed by atoms with Crippen LogP contribution in [-0.2, 0) is 0 Å². The van der Waals surface area contributed by atoms with E-state index in [0.717, 1.165) is 71.9 Å². The number of furan rings is 1. The molecule has 6 nitrogen and oxygen atoms in total. The van der Waals surface area contributed by atoms with Crippen LogP contribution in [0.15, 0.2) is 156 Å². The van der Waals surface area contributed by atoms with E-state index in [0.29, 0.717) is 17.5 Å². The molecule has 0 spiro atoms. The van der Waals surface area contributed by atoms with Crippen LogP contribution in [0.2, 0.25) is 0 Å². The molecule has 220 valence electrons. The molecule has 0 bridgehead atoms. The van der Waals surface area contributed by atoms with Crippen molar-refractivity contribution in [2.75, 3.05) is 0 Å². The number of para-hydroxylation sites is 2. The summed E-state index contributed by atoms with van der Waals surface area (Å²) < 4.78 is 6.58. The Morgan fingerprint density at radius 1 is 0.426 bits per heavy atom. The van der Waals surface area contributed by atoms with Gasteiger partial charge in [0.2, 0.25) is 0 Å². The molecule has 0 aliphatic heterocycles. The van der Waals surface area contributed by atoms with Gasteiger partial charge in [-0.25, -0.2) is 19.9 Å². The fourth-order valence-electron chi connectivity index (χ4n) is 6.16. The molecule has 0 fully saturated rings. The van der Waals surface area contributed by atoms with Gasteiger partial charge in [-0.15, -0.1) is 0 Å². The van der Waals surface area contributed by atoms with Crippen molar-refractivity contribution in [3.8, 4) is 56.4 Å². The summed E-state index contributed by atoms with van der Waals surface area (Å²) in [5.41, 5.74) is 9.85. The number of hydrogen-bond donors (Lipinski definition) is 0. The molecule has 0 aliphatic rings. The summed E-state index contributed by atoms with van der Waals surface area (Å²) in [5, 5.41) is 1.98. The molecule has 0 aliphatic carbocycles. The van der Waals surface area contributed by atoms with Crippen LogP contribution in [0.3, 0.4) is 0 Å². The number of pyridine rings is 2. The minimum atomic E-state index is 0.573. The van der Waals surface area contributed by atoms with Gasteiger partial charge in [-0.05, 0) is 53.6 Å². The lowest BCUT2D eigenvalue weighted by Crippen LogP contribution is -2.00. The minimum absolute atomic E-state index is 0.573. The predicted octanol–water partition coefficient (Wildman–Crippen LogP) is 10.0. The van der Waals surface area contributed by atoms with Gasteiger partial charge in [-0.3, -0.25) is 4.98 Å². The van der Waals surface area contributed by atoms with Gasteiger partial charge in [0.1, 0.15) is 11.1 Å². The zero-order valence-corrected chi connectivity index (χ0v) is 25.1. The summed E-state index contributed by atoms with van der Waals surface area (Å²) in [6, 6.07) is 46.8. The van der Waals surface area contributed by atoms with Crippen LogP contribution in [-0.4, -0.2) is 24.9 Å². The molecule has 0 unspecified atom stereocenters. The summed E-state index contributed by atoms with van der Waals surface area (Å²) in [7, 11) is 0. The van der Waals surface area contributed by atoms with Crippen molar-refractivity contribution in [3.05, 3.63) is 152 Å². The van der Waals surface area contributed by atoms with Crippen molar-refractivity contribution >= 4 is 33.0 Å². The second-order valence-corrected chi connectivity index (χ2v) is 11.4. The molecule has 4 heterocycles. The van der Waals surface area contributed by atoms with Gasteiger partial charge in [0.15, 0.2) is 23.1 Å². The van der Waals surface area contributed by atoms with Crippen LogP contribution < -0.4 is 0 Å². The zero-order chi connectivity index (χ0) is 31.2. The molecule has 6 heteroatoms. The van der Waals surface area contributed by atoms with Gasteiger partial charge in [0.25, 0.3) is 0 Å². The molecule has 0 saturated heterocycles. The van der Waals surface area contributed by atoms with Crippen LogP contribution >= 0.6 is 0 Å². The molecule has 0 amide bonds. The predicted molar refractivity (Wildman–Crippen MR) is 187 cm³/mol. The van der Waals surface area contributed by atoms with Crippen molar-refractivity contribution < 1.29 is 4.42 Å². The van der Waals surface area contributed by atoms with Crippen LogP contribution in [0.5, 0.6) is 0 Å². The summed E-state index contributed by atoms with van der Waals surface area (Å²) in [6.45, 7) is 0.